The van der Waals surface area contributed by atoms with Crippen molar-refractivity contribution in [2.75, 3.05) is 19.4 Å². The van der Waals surface area contributed by atoms with Gasteiger partial charge in [0.2, 0.25) is 5.91 Å². The number of benzene rings is 1. The molecule has 0 fully saturated rings. The monoisotopic (exact) mass is 346 g/mol. The lowest BCUT2D eigenvalue weighted by Gasteiger charge is -2.15. The Balaban J connectivity index is 2.29. The molecule has 0 saturated carbocycles. The molecule has 0 unspecified atom stereocenters. The molecule has 1 aromatic heterocycles. The van der Waals surface area contributed by atoms with Gasteiger partial charge in [-0.15, -0.1) is 11.3 Å². The van der Waals surface area contributed by atoms with Crippen LogP contribution < -0.4 is 11.1 Å². The number of aromatic nitrogens is 1. The molecule has 0 spiro atoms. The van der Waals surface area contributed by atoms with Crippen LogP contribution in [-0.2, 0) is 6.54 Å². The lowest BCUT2D eigenvalue weighted by molar-refractivity contribution is 0.0996. The molecular formula is C17H22N4O2S. The van der Waals surface area contributed by atoms with Gasteiger partial charge in [0.25, 0.3) is 5.91 Å². The summed E-state index contributed by atoms with van der Waals surface area (Å²) < 4.78 is 0. The Morgan fingerprint density at radius 1 is 1.33 bits per heavy atom. The lowest BCUT2D eigenvalue weighted by atomic mass is 10.1. The van der Waals surface area contributed by atoms with Crippen LogP contribution in [0.15, 0.2) is 24.4 Å². The highest BCUT2D eigenvalue weighted by atomic mass is 32.1. The highest BCUT2D eigenvalue weighted by molar-refractivity contribution is 7.13. The minimum Gasteiger partial charge on any atom is -0.366 e. The average Bonchev–Trinajstić information content (AvgIpc) is 2.98. The second-order valence-corrected chi connectivity index (χ2v) is 7.21. The number of amides is 2. The fraction of sp³-hybridized carbons (Fsp3) is 0.353. The third-order valence-corrected chi connectivity index (χ3v) is 4.67. The first-order valence-electron chi connectivity index (χ1n) is 7.62. The van der Waals surface area contributed by atoms with Gasteiger partial charge in [-0.25, -0.2) is 4.98 Å². The number of nitrogens with two attached hydrogens (primary N) is 1. The first-order valence-corrected chi connectivity index (χ1v) is 8.44. The number of anilines is 1. The summed E-state index contributed by atoms with van der Waals surface area (Å²) in [5.74, 6) is -0.484. The predicted octanol–water partition coefficient (Wildman–Crippen LogP) is 2.68. The topological polar surface area (TPSA) is 88.3 Å². The van der Waals surface area contributed by atoms with E-state index in [1.165, 1.54) is 11.3 Å². The third kappa shape index (κ3) is 4.39. The van der Waals surface area contributed by atoms with Gasteiger partial charge in [-0.2, -0.15) is 0 Å². The Labute approximate surface area is 145 Å². The molecule has 0 aliphatic rings. The molecule has 6 nitrogen and oxygen atoms in total. The van der Waals surface area contributed by atoms with Gasteiger partial charge in [0.15, 0.2) is 0 Å². The van der Waals surface area contributed by atoms with Crippen LogP contribution in [0.4, 0.5) is 5.69 Å². The van der Waals surface area contributed by atoms with E-state index in [-0.39, 0.29) is 11.8 Å². The summed E-state index contributed by atoms with van der Waals surface area (Å²) in [6, 6.07) is 5.09. The van der Waals surface area contributed by atoms with Crippen LogP contribution in [0.25, 0.3) is 0 Å². The van der Waals surface area contributed by atoms with Crippen LogP contribution in [0, 0.1) is 0 Å². The second-order valence-electron chi connectivity index (χ2n) is 6.15. The molecule has 0 aliphatic carbocycles. The molecule has 3 N–H and O–H groups in total. The van der Waals surface area contributed by atoms with Gasteiger partial charge in [0.1, 0.15) is 4.88 Å². The number of thiazole rings is 1. The summed E-state index contributed by atoms with van der Waals surface area (Å²) in [7, 11) is 3.87. The van der Waals surface area contributed by atoms with Crippen molar-refractivity contribution in [3.8, 4) is 0 Å². The molecule has 0 radical (unpaired) electrons. The zero-order chi connectivity index (χ0) is 17.9. The van der Waals surface area contributed by atoms with E-state index in [9.17, 15) is 9.59 Å². The van der Waals surface area contributed by atoms with Crippen LogP contribution >= 0.6 is 11.3 Å². The Bertz CT molecular complexity index is 753. The van der Waals surface area contributed by atoms with Crippen molar-refractivity contribution in [1.82, 2.24) is 9.88 Å². The van der Waals surface area contributed by atoms with Crippen LogP contribution in [0.3, 0.4) is 0 Å². The SMILES string of the molecule is CC(C)c1ncc(C(=O)Nc2cc(C(N)=O)ccc2CN(C)C)s1. The molecule has 0 atom stereocenters. The number of hydrogen-bond donors (Lipinski definition) is 2. The van der Waals surface area contributed by atoms with E-state index >= 15 is 0 Å². The van der Waals surface area contributed by atoms with E-state index in [2.05, 4.69) is 10.3 Å². The molecule has 2 rings (SSSR count). The van der Waals surface area contributed by atoms with E-state index in [0.29, 0.717) is 22.7 Å². The summed E-state index contributed by atoms with van der Waals surface area (Å²) in [5, 5.41) is 3.79. The Morgan fingerprint density at radius 2 is 2.04 bits per heavy atom. The first kappa shape index (κ1) is 18.1. The number of rotatable bonds is 6. The van der Waals surface area contributed by atoms with Gasteiger partial charge in [-0.3, -0.25) is 9.59 Å². The van der Waals surface area contributed by atoms with Crippen LogP contribution in [-0.4, -0.2) is 35.8 Å². The minimum absolute atomic E-state index is 0.235. The molecule has 24 heavy (non-hydrogen) atoms. The maximum Gasteiger partial charge on any atom is 0.267 e. The highest BCUT2D eigenvalue weighted by Crippen LogP contribution is 2.24. The van der Waals surface area contributed by atoms with Crippen molar-refractivity contribution in [1.29, 1.82) is 0 Å². The van der Waals surface area contributed by atoms with Crippen molar-refractivity contribution in [3.05, 3.63) is 45.4 Å². The standard InChI is InChI=1S/C17H22N4O2S/c1-10(2)17-19-8-14(24-17)16(23)20-13-7-11(15(18)22)5-6-12(13)9-21(3)4/h5-8,10H,9H2,1-4H3,(H2,18,22)(H,20,23). The molecule has 7 heteroatoms. The summed E-state index contributed by atoms with van der Waals surface area (Å²) in [6.45, 7) is 4.70. The number of carbonyl (C=O) groups is 2. The average molecular weight is 346 g/mol. The minimum atomic E-state index is -0.526. The third-order valence-electron chi connectivity index (χ3n) is 3.37. The molecule has 1 aromatic carbocycles. The van der Waals surface area contributed by atoms with E-state index in [0.717, 1.165) is 10.6 Å². The van der Waals surface area contributed by atoms with Gasteiger partial charge in [0, 0.05) is 23.7 Å². The predicted molar refractivity (Wildman–Crippen MR) is 96.5 cm³/mol. The fourth-order valence-corrected chi connectivity index (χ4v) is 2.98. The maximum absolute atomic E-state index is 12.5. The van der Waals surface area contributed by atoms with Crippen LogP contribution in [0.2, 0.25) is 0 Å². The maximum atomic E-state index is 12.5. The van der Waals surface area contributed by atoms with Gasteiger partial charge in [0.05, 0.1) is 11.2 Å². The molecule has 0 saturated heterocycles. The lowest BCUT2D eigenvalue weighted by Crippen LogP contribution is -2.18. The Hall–Kier alpha value is -2.25. The van der Waals surface area contributed by atoms with Crippen LogP contribution in [0.5, 0.6) is 0 Å². The van der Waals surface area contributed by atoms with Crippen LogP contribution in [0.1, 0.15) is 50.4 Å². The van der Waals surface area contributed by atoms with E-state index < -0.39 is 5.91 Å². The van der Waals surface area contributed by atoms with E-state index in [1.807, 2.05) is 38.9 Å². The zero-order valence-electron chi connectivity index (χ0n) is 14.3. The zero-order valence-corrected chi connectivity index (χ0v) is 15.1. The summed E-state index contributed by atoms with van der Waals surface area (Å²) in [5.41, 5.74) is 7.20. The number of nitrogens with one attached hydrogen (secondary N) is 1. The summed E-state index contributed by atoms with van der Waals surface area (Å²) in [4.78, 5) is 30.7. The van der Waals surface area contributed by atoms with E-state index in [1.54, 1.807) is 18.3 Å². The van der Waals surface area contributed by atoms with Crippen molar-refractivity contribution in [2.24, 2.45) is 5.73 Å². The van der Waals surface area contributed by atoms with Crippen molar-refractivity contribution in [3.63, 3.8) is 0 Å². The number of nitrogens with zero attached hydrogens (tertiary/aromatic N) is 2. The quantitative estimate of drug-likeness (QED) is 0.842. The van der Waals surface area contributed by atoms with Gasteiger partial charge in [-0.1, -0.05) is 19.9 Å². The number of hydrogen-bond acceptors (Lipinski definition) is 5. The summed E-state index contributed by atoms with van der Waals surface area (Å²) in [6.07, 6.45) is 1.58. The fourth-order valence-electron chi connectivity index (χ4n) is 2.17. The van der Waals surface area contributed by atoms with Crippen molar-refractivity contribution in [2.45, 2.75) is 26.3 Å². The first-order chi connectivity index (χ1) is 11.3. The van der Waals surface area contributed by atoms with Crippen molar-refractivity contribution < 1.29 is 9.59 Å². The van der Waals surface area contributed by atoms with Gasteiger partial charge >= 0.3 is 0 Å². The molecule has 0 aliphatic heterocycles. The largest absolute Gasteiger partial charge is 0.366 e. The second kappa shape index (κ2) is 7.55. The normalized spacial score (nSPS) is 11.1. The smallest absolute Gasteiger partial charge is 0.267 e. The highest BCUT2D eigenvalue weighted by Gasteiger charge is 2.15. The molecule has 128 valence electrons. The molecule has 1 heterocycles. The number of carbonyl (C=O) groups excluding carboxylic acids is 2. The Kier molecular flexibility index (Phi) is 5.69. The van der Waals surface area contributed by atoms with E-state index in [4.69, 9.17) is 5.73 Å². The summed E-state index contributed by atoms with van der Waals surface area (Å²) >= 11 is 1.37. The molecule has 2 aromatic rings. The molecular weight excluding hydrogens is 324 g/mol. The molecule has 0 bridgehead atoms. The Morgan fingerprint density at radius 3 is 2.58 bits per heavy atom. The van der Waals surface area contributed by atoms with Gasteiger partial charge in [-0.05, 0) is 31.8 Å². The number of primary amides is 1. The van der Waals surface area contributed by atoms with Crippen molar-refractivity contribution >= 4 is 28.8 Å². The molecule has 2 amide bonds. The van der Waals surface area contributed by atoms with Gasteiger partial charge < -0.3 is 16.0 Å².